The van der Waals surface area contributed by atoms with Gasteiger partial charge >= 0.3 is 0 Å². The third kappa shape index (κ3) is 4.58. The molecule has 8 heteroatoms. The lowest BCUT2D eigenvalue weighted by Crippen LogP contribution is -2.39. The molecule has 0 saturated carbocycles. The number of aromatic nitrogens is 2. The molecule has 3 heterocycles. The Bertz CT molecular complexity index is 672. The Balaban J connectivity index is 0.00000113. The molecule has 1 N–H and O–H groups in total. The number of para-hydroxylation sites is 2. The summed E-state index contributed by atoms with van der Waals surface area (Å²) >= 11 is 0. The van der Waals surface area contributed by atoms with Gasteiger partial charge < -0.3 is 14.8 Å². The monoisotopic (exact) mass is 386 g/mol. The Kier molecular flexibility index (Phi) is 6.95. The third-order valence-electron chi connectivity index (χ3n) is 4.24. The molecule has 2 aromatic rings. The number of fused-ring (bicyclic) bond motifs is 2. The highest BCUT2D eigenvalue weighted by Crippen LogP contribution is 2.31. The van der Waals surface area contributed by atoms with Gasteiger partial charge in [-0.25, -0.2) is 0 Å². The minimum Gasteiger partial charge on any atom is -0.486 e. The molecule has 0 bridgehead atoms. The van der Waals surface area contributed by atoms with E-state index >= 15 is 0 Å². The summed E-state index contributed by atoms with van der Waals surface area (Å²) in [7, 11) is 2.10. The summed E-state index contributed by atoms with van der Waals surface area (Å²) in [6, 6.07) is 10.0. The van der Waals surface area contributed by atoms with Gasteiger partial charge in [-0.2, -0.15) is 5.10 Å². The molecule has 6 nitrogen and oxygen atoms in total. The third-order valence-corrected chi connectivity index (χ3v) is 4.24. The van der Waals surface area contributed by atoms with Crippen LogP contribution in [0.15, 0.2) is 30.3 Å². The van der Waals surface area contributed by atoms with Crippen LogP contribution < -0.4 is 14.8 Å². The standard InChI is InChI=1S/C17H22N4O2.2ClH/c1-20(10-13-8-14-9-18-6-7-21(14)19-13)11-15-12-22-16-4-2-3-5-17(16)23-15;;/h2-5,8,15,18H,6-7,9-12H2,1H3;2*1H. The Labute approximate surface area is 160 Å². The molecule has 1 aromatic carbocycles. The second kappa shape index (κ2) is 8.76. The van der Waals surface area contributed by atoms with Crippen molar-refractivity contribution in [3.63, 3.8) is 0 Å². The second-order valence-electron chi connectivity index (χ2n) is 6.22. The van der Waals surface area contributed by atoms with Crippen LogP contribution in [-0.2, 0) is 19.6 Å². The van der Waals surface area contributed by atoms with E-state index in [1.807, 2.05) is 24.3 Å². The average Bonchev–Trinajstić information content (AvgIpc) is 2.96. The van der Waals surface area contributed by atoms with Crippen LogP contribution in [0.3, 0.4) is 0 Å². The van der Waals surface area contributed by atoms with E-state index < -0.39 is 0 Å². The Hall–Kier alpha value is -1.47. The molecule has 138 valence electrons. The summed E-state index contributed by atoms with van der Waals surface area (Å²) in [6.07, 6.45) is 0.0498. The number of benzene rings is 1. The number of hydrogen-bond acceptors (Lipinski definition) is 5. The van der Waals surface area contributed by atoms with Gasteiger partial charge in [-0.1, -0.05) is 12.1 Å². The molecule has 0 saturated heterocycles. The van der Waals surface area contributed by atoms with Crippen molar-refractivity contribution in [2.45, 2.75) is 25.7 Å². The molecule has 25 heavy (non-hydrogen) atoms. The number of rotatable bonds is 4. The highest BCUT2D eigenvalue weighted by atomic mass is 35.5. The minimum atomic E-state index is 0. The van der Waals surface area contributed by atoms with Crippen molar-refractivity contribution >= 4 is 24.8 Å². The molecule has 1 atom stereocenters. The van der Waals surface area contributed by atoms with Crippen LogP contribution >= 0.6 is 24.8 Å². The van der Waals surface area contributed by atoms with Gasteiger partial charge in [0.2, 0.25) is 0 Å². The molecular formula is C17H24Cl2N4O2. The predicted octanol–water partition coefficient (Wildman–Crippen LogP) is 2.10. The molecule has 0 amide bonds. The van der Waals surface area contributed by atoms with Gasteiger partial charge in [-0.3, -0.25) is 9.58 Å². The summed E-state index contributed by atoms with van der Waals surface area (Å²) in [4.78, 5) is 2.24. The summed E-state index contributed by atoms with van der Waals surface area (Å²) in [6.45, 7) is 5.08. The zero-order valence-electron chi connectivity index (χ0n) is 14.2. The number of halogens is 2. The van der Waals surface area contributed by atoms with Gasteiger partial charge in [-0.05, 0) is 25.2 Å². The lowest BCUT2D eigenvalue weighted by molar-refractivity contribution is 0.0635. The minimum absolute atomic E-state index is 0. The summed E-state index contributed by atoms with van der Waals surface area (Å²) < 4.78 is 13.9. The Morgan fingerprint density at radius 2 is 2.08 bits per heavy atom. The number of likely N-dealkylation sites (N-methyl/N-ethyl adjacent to an activating group) is 1. The first-order valence-corrected chi connectivity index (χ1v) is 8.11. The van der Waals surface area contributed by atoms with Gasteiger partial charge in [0.15, 0.2) is 11.5 Å². The first-order valence-electron chi connectivity index (χ1n) is 8.11. The second-order valence-corrected chi connectivity index (χ2v) is 6.22. The fraction of sp³-hybridized carbons (Fsp3) is 0.471. The fourth-order valence-electron chi connectivity index (χ4n) is 3.17. The maximum atomic E-state index is 6.02. The lowest BCUT2D eigenvalue weighted by Gasteiger charge is -2.29. The van der Waals surface area contributed by atoms with Crippen molar-refractivity contribution in [2.24, 2.45) is 0 Å². The molecule has 1 aromatic heterocycles. The predicted molar refractivity (Wildman–Crippen MR) is 101 cm³/mol. The highest BCUT2D eigenvalue weighted by Gasteiger charge is 2.22. The van der Waals surface area contributed by atoms with Crippen molar-refractivity contribution in [1.82, 2.24) is 20.0 Å². The molecule has 4 rings (SSSR count). The van der Waals surface area contributed by atoms with Gasteiger partial charge in [-0.15, -0.1) is 24.8 Å². The first kappa shape index (κ1) is 19.8. The quantitative estimate of drug-likeness (QED) is 0.871. The van der Waals surface area contributed by atoms with Gasteiger partial charge in [0.25, 0.3) is 0 Å². The number of ether oxygens (including phenoxy) is 2. The van der Waals surface area contributed by atoms with E-state index in [-0.39, 0.29) is 30.9 Å². The molecule has 0 aliphatic carbocycles. The lowest BCUT2D eigenvalue weighted by atomic mass is 10.2. The maximum Gasteiger partial charge on any atom is 0.161 e. The van der Waals surface area contributed by atoms with E-state index in [1.165, 1.54) is 5.69 Å². The largest absolute Gasteiger partial charge is 0.486 e. The van der Waals surface area contributed by atoms with E-state index in [1.54, 1.807) is 0 Å². The maximum absolute atomic E-state index is 6.02. The smallest absolute Gasteiger partial charge is 0.161 e. The van der Waals surface area contributed by atoms with Crippen LogP contribution in [0, 0.1) is 0 Å². The first-order chi connectivity index (χ1) is 11.3. The summed E-state index contributed by atoms with van der Waals surface area (Å²) in [5, 5.41) is 8.05. The van der Waals surface area contributed by atoms with Crippen molar-refractivity contribution in [3.8, 4) is 11.5 Å². The van der Waals surface area contributed by atoms with Crippen LogP contribution in [0.25, 0.3) is 0 Å². The average molecular weight is 387 g/mol. The van der Waals surface area contributed by atoms with Crippen molar-refractivity contribution in [1.29, 1.82) is 0 Å². The van der Waals surface area contributed by atoms with E-state index in [9.17, 15) is 0 Å². The molecule has 2 aliphatic heterocycles. The molecule has 0 fully saturated rings. The Morgan fingerprint density at radius 3 is 2.88 bits per heavy atom. The molecule has 2 aliphatic rings. The number of nitrogens with zero attached hydrogens (tertiary/aromatic N) is 3. The molecule has 1 unspecified atom stereocenters. The summed E-state index contributed by atoms with van der Waals surface area (Å²) in [5.41, 5.74) is 2.38. The zero-order chi connectivity index (χ0) is 15.6. The topological polar surface area (TPSA) is 51.6 Å². The van der Waals surface area contributed by atoms with Crippen molar-refractivity contribution in [3.05, 3.63) is 41.7 Å². The molecule has 0 spiro atoms. The van der Waals surface area contributed by atoms with Crippen molar-refractivity contribution in [2.75, 3.05) is 26.7 Å². The molecule has 0 radical (unpaired) electrons. The van der Waals surface area contributed by atoms with Crippen LogP contribution in [0.2, 0.25) is 0 Å². The van der Waals surface area contributed by atoms with E-state index in [0.717, 1.165) is 49.9 Å². The van der Waals surface area contributed by atoms with Crippen molar-refractivity contribution < 1.29 is 9.47 Å². The van der Waals surface area contributed by atoms with Crippen LogP contribution in [0.5, 0.6) is 11.5 Å². The zero-order valence-corrected chi connectivity index (χ0v) is 15.8. The normalized spacial score (nSPS) is 18.1. The van der Waals surface area contributed by atoms with E-state index in [0.29, 0.717) is 6.61 Å². The van der Waals surface area contributed by atoms with Crippen LogP contribution in [0.1, 0.15) is 11.4 Å². The fourth-order valence-corrected chi connectivity index (χ4v) is 3.17. The highest BCUT2D eigenvalue weighted by molar-refractivity contribution is 5.85. The number of hydrogen-bond donors (Lipinski definition) is 1. The van der Waals surface area contributed by atoms with Crippen LogP contribution in [-0.4, -0.2) is 47.5 Å². The summed E-state index contributed by atoms with van der Waals surface area (Å²) in [5.74, 6) is 1.67. The van der Waals surface area contributed by atoms with E-state index in [2.05, 4.69) is 33.1 Å². The Morgan fingerprint density at radius 1 is 1.28 bits per heavy atom. The van der Waals surface area contributed by atoms with E-state index in [4.69, 9.17) is 9.47 Å². The van der Waals surface area contributed by atoms with Gasteiger partial charge in [0, 0.05) is 26.2 Å². The number of nitrogens with one attached hydrogen (secondary N) is 1. The molecular weight excluding hydrogens is 363 g/mol. The van der Waals surface area contributed by atoms with Gasteiger partial charge in [0.1, 0.15) is 12.7 Å². The van der Waals surface area contributed by atoms with Crippen LogP contribution in [0.4, 0.5) is 0 Å². The van der Waals surface area contributed by atoms with Gasteiger partial charge in [0.05, 0.1) is 17.9 Å². The SMILES string of the molecule is CN(Cc1cc2n(n1)CCNC2)CC1COc2ccccc2O1.Cl.Cl.